The lowest BCUT2D eigenvalue weighted by atomic mass is 9.80. The van der Waals surface area contributed by atoms with Gasteiger partial charge in [-0.1, -0.05) is 22.0 Å². The minimum Gasteiger partial charge on any atom is -0.481 e. The summed E-state index contributed by atoms with van der Waals surface area (Å²) < 4.78 is 6.05. The van der Waals surface area contributed by atoms with E-state index in [9.17, 15) is 14.7 Å². The fraction of sp³-hybridized carbons (Fsp3) is 0.429. The van der Waals surface area contributed by atoms with Gasteiger partial charge in [-0.3, -0.25) is 4.79 Å². The zero-order valence-corrected chi connectivity index (χ0v) is 13.0. The Morgan fingerprint density at radius 2 is 2.05 bits per heavy atom. The summed E-state index contributed by atoms with van der Waals surface area (Å²) in [5, 5.41) is 14.7. The van der Waals surface area contributed by atoms with Crippen molar-refractivity contribution >= 4 is 33.6 Å². The third-order valence-electron chi connectivity index (χ3n) is 3.57. The van der Waals surface area contributed by atoms with E-state index in [-0.39, 0.29) is 6.54 Å². The molecule has 0 bridgehead atoms. The Hall–Kier alpha value is -1.60. The van der Waals surface area contributed by atoms with Gasteiger partial charge >= 0.3 is 12.0 Å². The number of amides is 2. The van der Waals surface area contributed by atoms with Gasteiger partial charge in [0, 0.05) is 29.9 Å². The van der Waals surface area contributed by atoms with Crippen molar-refractivity contribution in [3.05, 3.63) is 28.7 Å². The molecule has 1 aromatic carbocycles. The lowest BCUT2D eigenvalue weighted by Crippen LogP contribution is -2.47. The van der Waals surface area contributed by atoms with Crippen LogP contribution in [0, 0.1) is 5.41 Å². The summed E-state index contributed by atoms with van der Waals surface area (Å²) >= 11 is 3.32. The number of benzene rings is 1. The number of carbonyl (C=O) groups is 2. The van der Waals surface area contributed by atoms with Gasteiger partial charge in [-0.05, 0) is 31.0 Å². The minimum atomic E-state index is -0.938. The molecule has 7 heteroatoms. The first-order valence-electron chi connectivity index (χ1n) is 6.63. The van der Waals surface area contributed by atoms with E-state index in [1.54, 1.807) is 18.2 Å². The molecular weight excluding hydrogens is 340 g/mol. The van der Waals surface area contributed by atoms with E-state index in [1.807, 2.05) is 6.07 Å². The van der Waals surface area contributed by atoms with E-state index in [1.165, 1.54) is 0 Å². The van der Waals surface area contributed by atoms with Crippen LogP contribution in [0.2, 0.25) is 0 Å². The Morgan fingerprint density at radius 3 is 2.67 bits per heavy atom. The molecule has 114 valence electrons. The molecular formula is C14H17BrN2O4. The fourth-order valence-corrected chi connectivity index (χ4v) is 2.62. The van der Waals surface area contributed by atoms with E-state index in [4.69, 9.17) is 4.74 Å². The average Bonchev–Trinajstić information content (AvgIpc) is 2.46. The summed E-state index contributed by atoms with van der Waals surface area (Å²) in [6, 6.07) is 6.76. The van der Waals surface area contributed by atoms with Crippen LogP contribution in [0.25, 0.3) is 0 Å². The molecule has 0 radical (unpaired) electrons. The highest BCUT2D eigenvalue weighted by atomic mass is 79.9. The largest absolute Gasteiger partial charge is 0.481 e. The molecule has 1 aliphatic rings. The molecule has 1 heterocycles. The lowest BCUT2D eigenvalue weighted by molar-refractivity contribution is -0.154. The second kappa shape index (κ2) is 6.91. The number of anilines is 1. The molecule has 2 rings (SSSR count). The van der Waals surface area contributed by atoms with Gasteiger partial charge in [0.05, 0.1) is 5.41 Å². The molecule has 1 aliphatic heterocycles. The van der Waals surface area contributed by atoms with E-state index in [2.05, 4.69) is 26.6 Å². The van der Waals surface area contributed by atoms with Crippen LogP contribution in [-0.4, -0.2) is 36.9 Å². The molecule has 1 fully saturated rings. The van der Waals surface area contributed by atoms with Gasteiger partial charge in [0.15, 0.2) is 0 Å². The smallest absolute Gasteiger partial charge is 0.319 e. The van der Waals surface area contributed by atoms with E-state index in [0.29, 0.717) is 31.7 Å². The van der Waals surface area contributed by atoms with Crippen molar-refractivity contribution < 1.29 is 19.4 Å². The predicted octanol–water partition coefficient (Wildman–Crippen LogP) is 2.45. The van der Waals surface area contributed by atoms with Crippen molar-refractivity contribution in [3.63, 3.8) is 0 Å². The van der Waals surface area contributed by atoms with Crippen LogP contribution in [-0.2, 0) is 9.53 Å². The number of halogens is 1. The van der Waals surface area contributed by atoms with E-state index in [0.717, 1.165) is 4.47 Å². The van der Waals surface area contributed by atoms with Crippen molar-refractivity contribution in [2.75, 3.05) is 25.1 Å². The maximum Gasteiger partial charge on any atom is 0.319 e. The van der Waals surface area contributed by atoms with Crippen LogP contribution < -0.4 is 10.6 Å². The standard InChI is InChI=1S/C14H17BrN2O4/c15-10-2-1-3-11(8-10)17-13(20)16-9-14(12(18)19)4-6-21-7-5-14/h1-3,8H,4-7,9H2,(H,18,19)(H2,16,17,20). The van der Waals surface area contributed by atoms with Crippen molar-refractivity contribution in [1.82, 2.24) is 5.32 Å². The highest BCUT2D eigenvalue weighted by molar-refractivity contribution is 9.10. The first-order valence-corrected chi connectivity index (χ1v) is 7.43. The van der Waals surface area contributed by atoms with E-state index < -0.39 is 17.4 Å². The second-order valence-electron chi connectivity index (χ2n) is 5.02. The van der Waals surface area contributed by atoms with Crippen molar-refractivity contribution in [2.45, 2.75) is 12.8 Å². The van der Waals surface area contributed by atoms with Crippen LogP contribution in [0.15, 0.2) is 28.7 Å². The Balaban J connectivity index is 1.91. The van der Waals surface area contributed by atoms with Gasteiger partial charge in [-0.25, -0.2) is 4.79 Å². The zero-order valence-electron chi connectivity index (χ0n) is 11.4. The van der Waals surface area contributed by atoms with Gasteiger partial charge in [0.1, 0.15) is 0 Å². The molecule has 6 nitrogen and oxygen atoms in total. The SMILES string of the molecule is O=C(NCC1(C(=O)O)CCOCC1)Nc1cccc(Br)c1. The highest BCUT2D eigenvalue weighted by Gasteiger charge is 2.40. The third kappa shape index (κ3) is 4.18. The monoisotopic (exact) mass is 356 g/mol. The normalized spacial score (nSPS) is 17.0. The third-order valence-corrected chi connectivity index (χ3v) is 4.07. The summed E-state index contributed by atoms with van der Waals surface area (Å²) in [6.45, 7) is 0.897. The summed E-state index contributed by atoms with van der Waals surface area (Å²) in [5.41, 5.74) is -0.300. The van der Waals surface area contributed by atoms with Crippen LogP contribution in [0.5, 0.6) is 0 Å². The minimum absolute atomic E-state index is 0.0888. The van der Waals surface area contributed by atoms with Crippen molar-refractivity contribution in [2.24, 2.45) is 5.41 Å². The Morgan fingerprint density at radius 1 is 1.33 bits per heavy atom. The number of carboxylic acids is 1. The number of hydrogen-bond donors (Lipinski definition) is 3. The van der Waals surface area contributed by atoms with Crippen LogP contribution in [0.4, 0.5) is 10.5 Å². The summed E-state index contributed by atoms with van der Waals surface area (Å²) in [4.78, 5) is 23.3. The summed E-state index contributed by atoms with van der Waals surface area (Å²) in [5.74, 6) is -0.895. The zero-order chi connectivity index (χ0) is 15.3. The maximum absolute atomic E-state index is 11.9. The van der Waals surface area contributed by atoms with Gasteiger partial charge in [-0.2, -0.15) is 0 Å². The Labute approximate surface area is 131 Å². The number of carbonyl (C=O) groups excluding carboxylic acids is 1. The van der Waals surface area contributed by atoms with Crippen LogP contribution >= 0.6 is 15.9 Å². The molecule has 21 heavy (non-hydrogen) atoms. The molecule has 1 aromatic rings. The number of ether oxygens (including phenoxy) is 1. The van der Waals surface area contributed by atoms with E-state index >= 15 is 0 Å². The molecule has 2 amide bonds. The first-order chi connectivity index (χ1) is 10.0. The Kier molecular flexibility index (Phi) is 5.19. The van der Waals surface area contributed by atoms with Gasteiger partial charge in [0.2, 0.25) is 0 Å². The fourth-order valence-electron chi connectivity index (χ4n) is 2.22. The van der Waals surface area contributed by atoms with Crippen LogP contribution in [0.1, 0.15) is 12.8 Å². The topological polar surface area (TPSA) is 87.7 Å². The highest BCUT2D eigenvalue weighted by Crippen LogP contribution is 2.30. The molecule has 0 atom stereocenters. The van der Waals surface area contributed by atoms with Crippen molar-refractivity contribution in [3.8, 4) is 0 Å². The first kappa shape index (κ1) is 15.8. The number of aliphatic carboxylic acids is 1. The second-order valence-corrected chi connectivity index (χ2v) is 5.93. The summed E-state index contributed by atoms with van der Waals surface area (Å²) in [7, 11) is 0. The maximum atomic E-state index is 11.9. The molecule has 0 unspecified atom stereocenters. The lowest BCUT2D eigenvalue weighted by Gasteiger charge is -2.33. The average molecular weight is 357 g/mol. The number of carboxylic acid groups (broad SMARTS) is 1. The summed E-state index contributed by atoms with van der Waals surface area (Å²) in [6.07, 6.45) is 0.805. The predicted molar refractivity (Wildman–Crippen MR) is 81.3 cm³/mol. The number of rotatable bonds is 4. The van der Waals surface area contributed by atoms with Gasteiger partial charge in [-0.15, -0.1) is 0 Å². The van der Waals surface area contributed by atoms with Crippen molar-refractivity contribution in [1.29, 1.82) is 0 Å². The number of nitrogens with one attached hydrogen (secondary N) is 2. The quantitative estimate of drug-likeness (QED) is 0.773. The number of hydrogen-bond acceptors (Lipinski definition) is 3. The Bertz CT molecular complexity index is 529. The number of urea groups is 1. The molecule has 0 aliphatic carbocycles. The van der Waals surface area contributed by atoms with Crippen LogP contribution in [0.3, 0.4) is 0 Å². The molecule has 1 saturated heterocycles. The van der Waals surface area contributed by atoms with Gasteiger partial charge < -0.3 is 20.5 Å². The molecule has 0 spiro atoms. The molecule has 0 aromatic heterocycles. The molecule has 3 N–H and O–H groups in total. The molecule has 0 saturated carbocycles. The van der Waals surface area contributed by atoms with Gasteiger partial charge in [0.25, 0.3) is 0 Å².